The van der Waals surface area contributed by atoms with Crippen molar-refractivity contribution in [2.75, 3.05) is 44.9 Å². The average molecular weight is 420 g/mol. The van der Waals surface area contributed by atoms with Gasteiger partial charge in [0.05, 0.1) is 42.4 Å². The van der Waals surface area contributed by atoms with Gasteiger partial charge in [-0.15, -0.1) is 11.8 Å². The fourth-order valence-corrected chi connectivity index (χ4v) is 5.13. The lowest BCUT2D eigenvalue weighted by Gasteiger charge is -2.26. The molecule has 2 aliphatic heterocycles. The molecule has 3 heterocycles. The minimum Gasteiger partial charge on any atom is -0.497 e. The van der Waals surface area contributed by atoms with Crippen molar-refractivity contribution >= 4 is 29.4 Å². The Labute approximate surface area is 171 Å². The maximum Gasteiger partial charge on any atom is 0.272 e. The Hall–Kier alpha value is -1.97. The number of benzene rings is 1. The van der Waals surface area contributed by atoms with E-state index in [2.05, 4.69) is 0 Å². The van der Waals surface area contributed by atoms with Crippen molar-refractivity contribution in [1.29, 1.82) is 0 Å². The summed E-state index contributed by atoms with van der Waals surface area (Å²) < 4.78 is 12.1. The van der Waals surface area contributed by atoms with Gasteiger partial charge in [-0.05, 0) is 24.3 Å². The Morgan fingerprint density at radius 3 is 2.75 bits per heavy atom. The number of morpholine rings is 1. The quantitative estimate of drug-likeness (QED) is 0.541. The van der Waals surface area contributed by atoms with E-state index in [0.29, 0.717) is 36.4 Å². The van der Waals surface area contributed by atoms with Crippen LogP contribution in [0.5, 0.6) is 5.75 Å². The third-order valence-electron chi connectivity index (χ3n) is 4.69. The number of amides is 1. The summed E-state index contributed by atoms with van der Waals surface area (Å²) in [6.45, 7) is 2.36. The van der Waals surface area contributed by atoms with Crippen molar-refractivity contribution in [1.82, 2.24) is 14.5 Å². The van der Waals surface area contributed by atoms with Gasteiger partial charge in [-0.25, -0.2) is 4.98 Å². The third kappa shape index (κ3) is 3.92. The number of nitrogens with zero attached hydrogens (tertiary/aromatic N) is 3. The van der Waals surface area contributed by atoms with Crippen LogP contribution in [-0.2, 0) is 16.0 Å². The van der Waals surface area contributed by atoms with Crippen LogP contribution in [0.15, 0.2) is 39.1 Å². The number of hydrogen-bond donors (Lipinski definition) is 0. The number of carbonyl (C=O) groups excluding carboxylic acids is 1. The molecule has 1 saturated heterocycles. The van der Waals surface area contributed by atoms with Gasteiger partial charge in [0.25, 0.3) is 5.56 Å². The third-order valence-corrected chi connectivity index (χ3v) is 6.72. The van der Waals surface area contributed by atoms with E-state index in [4.69, 9.17) is 14.5 Å². The first-order valence-corrected chi connectivity index (χ1v) is 11.1. The SMILES string of the molecule is COc1ccc(-n2c(SCC(=O)N3CCOCC3)nc3c(c2=O)SCC3)cc1. The summed E-state index contributed by atoms with van der Waals surface area (Å²) >= 11 is 2.86. The Morgan fingerprint density at radius 2 is 2.04 bits per heavy atom. The predicted octanol–water partition coefficient (Wildman–Crippen LogP) is 1.84. The second kappa shape index (κ2) is 8.59. The van der Waals surface area contributed by atoms with E-state index in [-0.39, 0.29) is 17.2 Å². The van der Waals surface area contributed by atoms with Crippen molar-refractivity contribution in [3.05, 3.63) is 40.3 Å². The maximum atomic E-state index is 13.1. The number of hydrogen-bond acceptors (Lipinski definition) is 7. The largest absolute Gasteiger partial charge is 0.497 e. The average Bonchev–Trinajstić information content (AvgIpc) is 3.22. The lowest BCUT2D eigenvalue weighted by atomic mass is 10.3. The molecule has 0 atom stereocenters. The predicted molar refractivity (Wildman–Crippen MR) is 109 cm³/mol. The van der Waals surface area contributed by atoms with Crippen molar-refractivity contribution in [3.8, 4) is 11.4 Å². The zero-order valence-electron chi connectivity index (χ0n) is 15.6. The summed E-state index contributed by atoms with van der Waals surface area (Å²) in [5.74, 6) is 1.87. The van der Waals surface area contributed by atoms with Gasteiger partial charge in [0.1, 0.15) is 5.75 Å². The molecule has 4 rings (SSSR count). The molecule has 9 heteroatoms. The van der Waals surface area contributed by atoms with Crippen LogP contribution in [-0.4, -0.2) is 65.3 Å². The van der Waals surface area contributed by atoms with Gasteiger partial charge in [0.2, 0.25) is 5.91 Å². The number of aryl methyl sites for hydroxylation is 1. The maximum absolute atomic E-state index is 13.1. The zero-order valence-corrected chi connectivity index (χ0v) is 17.2. The smallest absolute Gasteiger partial charge is 0.272 e. The van der Waals surface area contributed by atoms with Gasteiger partial charge in [0.15, 0.2) is 5.16 Å². The van der Waals surface area contributed by atoms with Gasteiger partial charge in [-0.3, -0.25) is 14.2 Å². The highest BCUT2D eigenvalue weighted by molar-refractivity contribution is 8.00. The molecule has 0 radical (unpaired) electrons. The van der Waals surface area contributed by atoms with Gasteiger partial charge >= 0.3 is 0 Å². The van der Waals surface area contributed by atoms with Crippen molar-refractivity contribution in [2.24, 2.45) is 0 Å². The summed E-state index contributed by atoms with van der Waals surface area (Å²) in [5.41, 5.74) is 1.48. The van der Waals surface area contributed by atoms with Crippen LogP contribution in [0.4, 0.5) is 0 Å². The molecule has 1 aromatic heterocycles. The number of ether oxygens (including phenoxy) is 2. The van der Waals surface area contributed by atoms with Crippen LogP contribution >= 0.6 is 23.5 Å². The van der Waals surface area contributed by atoms with E-state index in [0.717, 1.165) is 29.3 Å². The first-order chi connectivity index (χ1) is 13.7. The van der Waals surface area contributed by atoms with E-state index in [1.807, 2.05) is 24.3 Å². The summed E-state index contributed by atoms with van der Waals surface area (Å²) in [4.78, 5) is 32.9. The molecular weight excluding hydrogens is 398 g/mol. The van der Waals surface area contributed by atoms with Gasteiger partial charge in [0, 0.05) is 25.3 Å². The number of aromatic nitrogens is 2. The lowest BCUT2D eigenvalue weighted by Crippen LogP contribution is -2.41. The Kier molecular flexibility index (Phi) is 5.93. The summed E-state index contributed by atoms with van der Waals surface area (Å²) in [6.07, 6.45) is 0.781. The molecule has 1 aromatic carbocycles. The van der Waals surface area contributed by atoms with Crippen LogP contribution in [0.2, 0.25) is 0 Å². The van der Waals surface area contributed by atoms with Crippen LogP contribution in [0.1, 0.15) is 5.69 Å². The van der Waals surface area contributed by atoms with Crippen molar-refractivity contribution in [2.45, 2.75) is 16.5 Å². The molecule has 7 nitrogen and oxygen atoms in total. The van der Waals surface area contributed by atoms with E-state index < -0.39 is 0 Å². The molecule has 2 aliphatic rings. The minimum atomic E-state index is -0.0704. The molecular formula is C19H21N3O4S2. The summed E-state index contributed by atoms with van der Waals surface area (Å²) in [5, 5.41) is 0.554. The number of rotatable bonds is 5. The van der Waals surface area contributed by atoms with E-state index >= 15 is 0 Å². The van der Waals surface area contributed by atoms with Crippen LogP contribution in [0.25, 0.3) is 5.69 Å². The normalized spacial score (nSPS) is 16.1. The summed E-state index contributed by atoms with van der Waals surface area (Å²) in [7, 11) is 1.60. The number of methoxy groups -OCH3 is 1. The Balaban J connectivity index is 1.64. The molecule has 0 aliphatic carbocycles. The molecule has 0 saturated carbocycles. The molecule has 28 heavy (non-hydrogen) atoms. The highest BCUT2D eigenvalue weighted by atomic mass is 32.2. The monoisotopic (exact) mass is 419 g/mol. The second-order valence-electron chi connectivity index (χ2n) is 6.39. The van der Waals surface area contributed by atoms with Crippen LogP contribution < -0.4 is 10.3 Å². The number of carbonyl (C=O) groups is 1. The molecule has 1 fully saturated rings. The molecule has 0 bridgehead atoms. The second-order valence-corrected chi connectivity index (χ2v) is 8.44. The zero-order chi connectivity index (χ0) is 19.5. The van der Waals surface area contributed by atoms with Crippen molar-refractivity contribution < 1.29 is 14.3 Å². The van der Waals surface area contributed by atoms with Crippen LogP contribution in [0.3, 0.4) is 0 Å². The highest BCUT2D eigenvalue weighted by Crippen LogP contribution is 2.30. The fourth-order valence-electron chi connectivity index (χ4n) is 3.18. The highest BCUT2D eigenvalue weighted by Gasteiger charge is 2.24. The van der Waals surface area contributed by atoms with E-state index in [9.17, 15) is 9.59 Å². The molecule has 148 valence electrons. The topological polar surface area (TPSA) is 73.7 Å². The van der Waals surface area contributed by atoms with Crippen molar-refractivity contribution in [3.63, 3.8) is 0 Å². The minimum absolute atomic E-state index is 0.0405. The van der Waals surface area contributed by atoms with Crippen LogP contribution in [0, 0.1) is 0 Å². The molecule has 0 N–H and O–H groups in total. The van der Waals surface area contributed by atoms with E-state index in [1.54, 1.807) is 28.3 Å². The molecule has 1 amide bonds. The summed E-state index contributed by atoms with van der Waals surface area (Å²) in [6, 6.07) is 7.30. The van der Waals surface area contributed by atoms with Gasteiger partial charge in [-0.2, -0.15) is 0 Å². The number of thioether (sulfide) groups is 2. The Bertz CT molecular complexity index is 924. The molecule has 0 unspecified atom stereocenters. The lowest BCUT2D eigenvalue weighted by molar-refractivity contribution is -0.132. The van der Waals surface area contributed by atoms with E-state index in [1.165, 1.54) is 11.8 Å². The van der Waals surface area contributed by atoms with Gasteiger partial charge in [-0.1, -0.05) is 11.8 Å². The van der Waals surface area contributed by atoms with Gasteiger partial charge < -0.3 is 14.4 Å². The molecule has 0 spiro atoms. The molecule has 2 aromatic rings. The Morgan fingerprint density at radius 1 is 1.29 bits per heavy atom. The standard InChI is InChI=1S/C19H21N3O4S2/c1-25-14-4-2-13(3-5-14)22-18(24)17-15(6-11-27-17)20-19(22)28-12-16(23)21-7-9-26-10-8-21/h2-5H,6-12H2,1H3. The number of fused-ring (bicyclic) bond motifs is 1. The fraction of sp³-hybridized carbons (Fsp3) is 0.421. The first kappa shape index (κ1) is 19.4. The first-order valence-electron chi connectivity index (χ1n) is 9.09.